The van der Waals surface area contributed by atoms with E-state index in [2.05, 4.69) is 15.0 Å². The maximum atomic E-state index is 12.0. The third kappa shape index (κ3) is 2.76. The number of halogens is 1. The van der Waals surface area contributed by atoms with Gasteiger partial charge in [-0.05, 0) is 11.6 Å². The van der Waals surface area contributed by atoms with Crippen LogP contribution in [0.15, 0.2) is 6.33 Å². The molecule has 1 aliphatic heterocycles. The molecule has 2 fully saturated rings. The number of nitrogens with two attached hydrogens (primary N) is 1. The van der Waals surface area contributed by atoms with Crippen molar-refractivity contribution in [1.82, 2.24) is 19.5 Å². The number of aromatic nitrogens is 4. The van der Waals surface area contributed by atoms with Crippen molar-refractivity contribution < 1.29 is 33.1 Å². The summed E-state index contributed by atoms with van der Waals surface area (Å²) in [5.74, 6) is 0.125. The molecule has 12 nitrogen and oxygen atoms in total. The molecule has 5 atom stereocenters. The average Bonchev–Trinajstić information content (AvgIpc) is 2.96. The molecule has 28 heavy (non-hydrogen) atoms. The van der Waals surface area contributed by atoms with Crippen molar-refractivity contribution >= 4 is 36.4 Å². The minimum absolute atomic E-state index is 0.0433. The Hall–Kier alpha value is -1.37. The lowest BCUT2D eigenvalue weighted by molar-refractivity contribution is -0.0491. The number of aliphatic hydroxyl groups is 2. The molecular weight excluding hydrogens is 417 g/mol. The second kappa shape index (κ2) is 6.85. The molecule has 14 heteroatoms. The van der Waals surface area contributed by atoms with Crippen LogP contribution in [-0.2, 0) is 22.9 Å². The summed E-state index contributed by atoms with van der Waals surface area (Å²) in [6.45, 7) is -0.600. The average molecular weight is 436 g/mol. The molecule has 4 unspecified atom stereocenters. The van der Waals surface area contributed by atoms with Gasteiger partial charge in [0.15, 0.2) is 11.5 Å². The zero-order valence-electron chi connectivity index (χ0n) is 14.9. The zero-order chi connectivity index (χ0) is 20.3. The molecule has 1 aliphatic carbocycles. The predicted molar refractivity (Wildman–Crippen MR) is 95.5 cm³/mol. The molecule has 2 aromatic rings. The van der Waals surface area contributed by atoms with Crippen LogP contribution in [-0.4, -0.2) is 75.5 Å². The normalized spacial score (nSPS) is 32.0. The van der Waals surface area contributed by atoms with E-state index in [0.717, 1.165) is 0 Å². The maximum absolute atomic E-state index is 12.0. The number of nitrogens with zero attached hydrogens (tertiary/aromatic N) is 4. The van der Waals surface area contributed by atoms with E-state index in [1.807, 2.05) is 0 Å². The fourth-order valence-corrected chi connectivity index (χ4v) is 4.69. The second-order valence-electron chi connectivity index (χ2n) is 6.57. The lowest BCUT2D eigenvalue weighted by Gasteiger charge is -2.25. The van der Waals surface area contributed by atoms with E-state index < -0.39 is 37.6 Å². The van der Waals surface area contributed by atoms with Crippen molar-refractivity contribution in [1.29, 1.82) is 0 Å². The van der Waals surface area contributed by atoms with E-state index in [1.54, 1.807) is 4.57 Å². The summed E-state index contributed by atoms with van der Waals surface area (Å²) in [7, 11) is -1.35. The van der Waals surface area contributed by atoms with Gasteiger partial charge in [0.2, 0.25) is 5.28 Å². The highest BCUT2D eigenvalue weighted by atomic mass is 35.5. The van der Waals surface area contributed by atoms with Gasteiger partial charge in [0, 0.05) is 14.2 Å². The summed E-state index contributed by atoms with van der Waals surface area (Å²) in [5, 5.41) is 20.8. The van der Waals surface area contributed by atoms with E-state index in [-0.39, 0.29) is 24.3 Å². The van der Waals surface area contributed by atoms with Gasteiger partial charge < -0.3 is 25.3 Å². The SMILES string of the molecule is COP(=O)(OC)OCC1O[C@H]2C(n3cnc4c(N)nc(Cl)nc43)C2(CO)C1O. The summed E-state index contributed by atoms with van der Waals surface area (Å²) >= 11 is 5.89. The van der Waals surface area contributed by atoms with Crippen LogP contribution in [0, 0.1) is 5.41 Å². The fourth-order valence-electron chi connectivity index (χ4n) is 3.83. The van der Waals surface area contributed by atoms with Crippen LogP contribution >= 0.6 is 19.4 Å². The van der Waals surface area contributed by atoms with Gasteiger partial charge in [-0.2, -0.15) is 9.97 Å². The van der Waals surface area contributed by atoms with Crippen LogP contribution in [0.1, 0.15) is 6.04 Å². The van der Waals surface area contributed by atoms with Crippen molar-refractivity contribution in [3.63, 3.8) is 0 Å². The number of imidazole rings is 1. The Kier molecular flexibility index (Phi) is 4.88. The zero-order valence-corrected chi connectivity index (χ0v) is 16.6. The lowest BCUT2D eigenvalue weighted by Crippen LogP contribution is -2.38. The molecule has 2 aromatic heterocycles. The topological polar surface area (TPSA) is 164 Å². The monoisotopic (exact) mass is 435 g/mol. The Balaban J connectivity index is 1.58. The molecule has 3 heterocycles. The summed E-state index contributed by atoms with van der Waals surface area (Å²) in [6.07, 6.45) is -0.997. The molecule has 1 saturated carbocycles. The van der Waals surface area contributed by atoms with Crippen LogP contribution in [0.5, 0.6) is 0 Å². The first-order chi connectivity index (χ1) is 13.3. The van der Waals surface area contributed by atoms with Crippen molar-refractivity contribution in [3.05, 3.63) is 11.6 Å². The minimum Gasteiger partial charge on any atom is -0.396 e. The quantitative estimate of drug-likeness (QED) is 0.400. The molecule has 0 bridgehead atoms. The number of ether oxygens (including phenoxy) is 1. The first-order valence-electron chi connectivity index (χ1n) is 8.27. The first kappa shape index (κ1) is 19.9. The van der Waals surface area contributed by atoms with E-state index >= 15 is 0 Å². The smallest absolute Gasteiger partial charge is 0.396 e. The van der Waals surface area contributed by atoms with Crippen LogP contribution in [0.25, 0.3) is 11.2 Å². The van der Waals surface area contributed by atoms with Crippen molar-refractivity contribution in [3.8, 4) is 0 Å². The van der Waals surface area contributed by atoms with E-state index in [9.17, 15) is 14.8 Å². The van der Waals surface area contributed by atoms with Gasteiger partial charge in [0.1, 0.15) is 11.6 Å². The van der Waals surface area contributed by atoms with Crippen LogP contribution in [0.3, 0.4) is 0 Å². The Morgan fingerprint density at radius 1 is 1.43 bits per heavy atom. The summed E-state index contributed by atoms with van der Waals surface area (Å²) in [4.78, 5) is 12.2. The first-order valence-corrected chi connectivity index (χ1v) is 10.1. The third-order valence-electron chi connectivity index (χ3n) is 5.32. The number of hydrogen-bond donors (Lipinski definition) is 3. The van der Waals surface area contributed by atoms with E-state index in [4.69, 9.17) is 35.6 Å². The van der Waals surface area contributed by atoms with Gasteiger partial charge in [0.25, 0.3) is 0 Å². The number of phosphoric ester groups is 1. The molecule has 0 aromatic carbocycles. The summed E-state index contributed by atoms with van der Waals surface area (Å²) in [5.41, 5.74) is 5.55. The van der Waals surface area contributed by atoms with Gasteiger partial charge in [-0.15, -0.1) is 0 Å². The van der Waals surface area contributed by atoms with Crippen LogP contribution in [0.2, 0.25) is 5.28 Å². The minimum atomic E-state index is -3.72. The number of rotatable bonds is 7. The van der Waals surface area contributed by atoms with Crippen molar-refractivity contribution in [2.45, 2.75) is 24.4 Å². The second-order valence-corrected chi connectivity index (χ2v) is 8.79. The highest BCUT2D eigenvalue weighted by Crippen LogP contribution is 2.66. The number of aliphatic hydroxyl groups excluding tert-OH is 2. The molecule has 2 aliphatic rings. The van der Waals surface area contributed by atoms with Gasteiger partial charge in [-0.25, -0.2) is 9.55 Å². The number of anilines is 1. The van der Waals surface area contributed by atoms with Crippen LogP contribution in [0.4, 0.5) is 5.82 Å². The highest BCUT2D eigenvalue weighted by Gasteiger charge is 2.77. The Bertz CT molecular complexity index is 952. The number of phosphoric acid groups is 1. The summed E-state index contributed by atoms with van der Waals surface area (Å²) < 4.78 is 34.0. The molecule has 4 rings (SSSR count). The van der Waals surface area contributed by atoms with Crippen molar-refractivity contribution in [2.75, 3.05) is 33.2 Å². The van der Waals surface area contributed by atoms with Gasteiger partial charge in [-0.3, -0.25) is 13.6 Å². The Morgan fingerprint density at radius 3 is 2.75 bits per heavy atom. The highest BCUT2D eigenvalue weighted by molar-refractivity contribution is 7.48. The maximum Gasteiger partial charge on any atom is 0.474 e. The van der Waals surface area contributed by atoms with Gasteiger partial charge in [-0.1, -0.05) is 0 Å². The number of fused-ring (bicyclic) bond motifs is 2. The largest absolute Gasteiger partial charge is 0.474 e. The fraction of sp³-hybridized carbons (Fsp3) is 0.643. The molecule has 154 valence electrons. The molecule has 0 amide bonds. The molecule has 0 radical (unpaired) electrons. The van der Waals surface area contributed by atoms with E-state index in [0.29, 0.717) is 11.2 Å². The van der Waals surface area contributed by atoms with Crippen LogP contribution < -0.4 is 5.73 Å². The van der Waals surface area contributed by atoms with Gasteiger partial charge >= 0.3 is 7.82 Å². The molecule has 1 saturated heterocycles. The Labute approximate surface area is 164 Å². The molecular formula is C14H19ClN5O7P. The molecule has 0 spiro atoms. The predicted octanol–water partition coefficient (Wildman–Crippen LogP) is 0.141. The summed E-state index contributed by atoms with van der Waals surface area (Å²) in [6, 6.07) is -0.448. The standard InChI is InChI=1S/C14H19ClN5O7P/c1-24-28(23,25-2)26-3-6-9(22)14(4-21)8(10(14)27-6)20-5-17-7-11(16)18-13(15)19-12(7)20/h5-6,8-10,21-22H,3-4H2,1-2H3,(H2,16,18,19)/t6?,8?,9?,10-,14?/m0/s1. The van der Waals surface area contributed by atoms with Crippen molar-refractivity contribution in [2.24, 2.45) is 5.41 Å². The van der Waals surface area contributed by atoms with E-state index in [1.165, 1.54) is 20.5 Å². The Morgan fingerprint density at radius 2 is 2.14 bits per heavy atom. The third-order valence-corrected chi connectivity index (χ3v) is 6.85. The lowest BCUT2D eigenvalue weighted by atomic mass is 9.96. The molecule has 4 N–H and O–H groups in total. The number of nitrogen functional groups attached to an aromatic ring is 1. The number of hydrogen-bond acceptors (Lipinski definition) is 11. The van der Waals surface area contributed by atoms with Gasteiger partial charge in [0.05, 0.1) is 43.2 Å².